The second kappa shape index (κ2) is 7.73. The lowest BCUT2D eigenvalue weighted by Crippen LogP contribution is -2.45. The number of esters is 1. The molecule has 1 aromatic carbocycles. The van der Waals surface area contributed by atoms with Crippen LogP contribution in [0.2, 0.25) is 0 Å². The van der Waals surface area contributed by atoms with Crippen LogP contribution in [0, 0.1) is 12.3 Å². The number of cyclic esters (lactones) is 1. The number of hydrogen-bond donors (Lipinski definition) is 0. The van der Waals surface area contributed by atoms with Crippen LogP contribution in [-0.4, -0.2) is 54.7 Å². The lowest BCUT2D eigenvalue weighted by atomic mass is 9.77. The minimum atomic E-state index is -0.284. The molecule has 4 aliphatic rings. The topological polar surface area (TPSA) is 81.2 Å². The third kappa shape index (κ3) is 3.27. The van der Waals surface area contributed by atoms with Crippen molar-refractivity contribution in [1.82, 2.24) is 9.88 Å². The van der Waals surface area contributed by atoms with E-state index < -0.39 is 0 Å². The molecule has 0 N–H and O–H groups in total. The number of rotatable bonds is 4. The first-order valence-electron chi connectivity index (χ1n) is 11.6. The van der Waals surface area contributed by atoms with Gasteiger partial charge in [-0.25, -0.2) is 9.78 Å². The lowest BCUT2D eigenvalue weighted by Gasteiger charge is -2.38. The summed E-state index contributed by atoms with van der Waals surface area (Å²) in [6.45, 7) is 6.10. The van der Waals surface area contributed by atoms with Crippen molar-refractivity contribution in [3.63, 3.8) is 0 Å². The quantitative estimate of drug-likeness (QED) is 0.664. The Kier molecular flexibility index (Phi) is 4.79. The van der Waals surface area contributed by atoms with Gasteiger partial charge in [0, 0.05) is 24.8 Å². The highest BCUT2D eigenvalue weighted by Gasteiger charge is 2.49. The predicted molar refractivity (Wildman–Crippen MR) is 119 cm³/mol. The van der Waals surface area contributed by atoms with Gasteiger partial charge in [-0.2, -0.15) is 0 Å². The van der Waals surface area contributed by atoms with Gasteiger partial charge in [0.2, 0.25) is 18.4 Å². The van der Waals surface area contributed by atoms with E-state index in [9.17, 15) is 9.59 Å². The number of fused-ring (bicyclic) bond motifs is 2. The largest absolute Gasteiger partial charge is 0.457 e. The molecule has 8 nitrogen and oxygen atoms in total. The number of pyridine rings is 1. The number of aromatic nitrogens is 1. The van der Waals surface area contributed by atoms with Crippen molar-refractivity contribution < 1.29 is 23.8 Å². The number of hydrogen-bond acceptors (Lipinski definition) is 7. The van der Waals surface area contributed by atoms with Gasteiger partial charge in [-0.15, -0.1) is 0 Å². The number of ether oxygens (including phenoxy) is 3. The molecule has 33 heavy (non-hydrogen) atoms. The fraction of sp³-hybridized carbons (Fsp3) is 0.480. The van der Waals surface area contributed by atoms with Crippen LogP contribution in [0.25, 0.3) is 0 Å². The highest BCUT2D eigenvalue weighted by molar-refractivity contribution is 6.01. The van der Waals surface area contributed by atoms with Crippen molar-refractivity contribution in [3.05, 3.63) is 46.6 Å². The molecular formula is C25H27N3O5. The van der Waals surface area contributed by atoms with E-state index in [0.717, 1.165) is 56.6 Å². The maximum atomic E-state index is 13.5. The Morgan fingerprint density at radius 3 is 2.70 bits per heavy atom. The molecule has 172 valence electrons. The number of likely N-dealkylation sites (tertiary alicyclic amines) is 1. The molecule has 0 saturated carbocycles. The molecule has 1 spiro atoms. The number of nitrogens with zero attached hydrogens (tertiary/aromatic N) is 3. The lowest BCUT2D eigenvalue weighted by molar-refractivity contribution is -0.128. The van der Waals surface area contributed by atoms with Gasteiger partial charge in [0.15, 0.2) is 0 Å². The van der Waals surface area contributed by atoms with Crippen molar-refractivity contribution in [3.8, 4) is 11.6 Å². The monoisotopic (exact) mass is 449 g/mol. The Bertz CT molecular complexity index is 1140. The molecule has 1 aromatic heterocycles. The van der Waals surface area contributed by atoms with Gasteiger partial charge in [-0.05, 0) is 69.0 Å². The Balaban J connectivity index is 1.09. The second-order valence-corrected chi connectivity index (χ2v) is 9.40. The van der Waals surface area contributed by atoms with E-state index in [0.29, 0.717) is 30.3 Å². The summed E-state index contributed by atoms with van der Waals surface area (Å²) in [4.78, 5) is 33.8. The molecule has 2 aromatic rings. The van der Waals surface area contributed by atoms with E-state index in [1.54, 1.807) is 6.20 Å². The van der Waals surface area contributed by atoms with Crippen LogP contribution < -0.4 is 14.4 Å². The van der Waals surface area contributed by atoms with Crippen molar-refractivity contribution in [2.75, 3.05) is 37.9 Å². The Morgan fingerprint density at radius 1 is 1.03 bits per heavy atom. The molecule has 4 aliphatic heterocycles. The van der Waals surface area contributed by atoms with Crippen LogP contribution in [0.1, 0.15) is 46.3 Å². The predicted octanol–water partition coefficient (Wildman–Crippen LogP) is 2.85. The van der Waals surface area contributed by atoms with E-state index in [1.807, 2.05) is 17.0 Å². The minimum Gasteiger partial charge on any atom is -0.457 e. The minimum absolute atomic E-state index is 0.147. The summed E-state index contributed by atoms with van der Waals surface area (Å²) in [5.41, 5.74) is 4.67. The van der Waals surface area contributed by atoms with Gasteiger partial charge in [0.25, 0.3) is 5.88 Å². The Hall–Kier alpha value is -3.13. The van der Waals surface area contributed by atoms with Crippen molar-refractivity contribution >= 4 is 17.6 Å². The molecular weight excluding hydrogens is 422 g/mol. The van der Waals surface area contributed by atoms with E-state index >= 15 is 0 Å². The summed E-state index contributed by atoms with van der Waals surface area (Å²) in [6.07, 6.45) is 5.22. The first-order valence-corrected chi connectivity index (χ1v) is 11.6. The molecule has 2 saturated heterocycles. The third-order valence-corrected chi connectivity index (χ3v) is 7.84. The van der Waals surface area contributed by atoms with Crippen molar-refractivity contribution in [2.45, 2.75) is 39.2 Å². The number of carbonyl (C=O) groups is 2. The van der Waals surface area contributed by atoms with E-state index in [-0.39, 0.29) is 24.1 Å². The molecule has 2 fully saturated rings. The summed E-state index contributed by atoms with van der Waals surface area (Å²) >= 11 is 0. The third-order valence-electron chi connectivity index (χ3n) is 7.84. The number of benzene rings is 1. The van der Waals surface area contributed by atoms with Gasteiger partial charge in [0.05, 0.1) is 16.7 Å². The zero-order valence-corrected chi connectivity index (χ0v) is 18.8. The first-order chi connectivity index (χ1) is 16.1. The zero-order valence-electron chi connectivity index (χ0n) is 18.8. The fourth-order valence-corrected chi connectivity index (χ4v) is 5.68. The van der Waals surface area contributed by atoms with Gasteiger partial charge in [-0.1, -0.05) is 6.07 Å². The van der Waals surface area contributed by atoms with Crippen LogP contribution >= 0.6 is 0 Å². The van der Waals surface area contributed by atoms with E-state index in [4.69, 9.17) is 14.2 Å². The summed E-state index contributed by atoms with van der Waals surface area (Å²) in [7, 11) is 0. The maximum absolute atomic E-state index is 13.5. The van der Waals surface area contributed by atoms with Gasteiger partial charge < -0.3 is 24.0 Å². The molecule has 1 amide bonds. The SMILES string of the molecule is Cc1c(CCN2CCC3(CC2)CCN(c2ccnc4c2OCO4)C3=O)ccc2c1COC2=O. The van der Waals surface area contributed by atoms with Crippen LogP contribution in [-0.2, 0) is 22.6 Å². The van der Waals surface area contributed by atoms with Gasteiger partial charge in [0.1, 0.15) is 6.61 Å². The molecule has 8 heteroatoms. The highest BCUT2D eigenvalue weighted by Crippen LogP contribution is 2.47. The van der Waals surface area contributed by atoms with Crippen LogP contribution in [0.5, 0.6) is 11.6 Å². The normalized spacial score (nSPS) is 21.1. The molecule has 5 heterocycles. The number of anilines is 1. The number of amides is 1. The molecule has 0 atom stereocenters. The van der Waals surface area contributed by atoms with Crippen LogP contribution in [0.4, 0.5) is 5.69 Å². The van der Waals surface area contributed by atoms with Gasteiger partial charge in [-0.3, -0.25) is 4.79 Å². The Labute approximate surface area is 192 Å². The molecule has 0 bridgehead atoms. The number of piperidine rings is 1. The number of carbonyl (C=O) groups excluding carboxylic acids is 2. The van der Waals surface area contributed by atoms with Crippen LogP contribution in [0.3, 0.4) is 0 Å². The second-order valence-electron chi connectivity index (χ2n) is 9.40. The molecule has 0 radical (unpaired) electrons. The van der Waals surface area contributed by atoms with Gasteiger partial charge >= 0.3 is 5.97 Å². The molecule has 6 rings (SSSR count). The average molecular weight is 450 g/mol. The zero-order chi connectivity index (χ0) is 22.6. The molecule has 0 aliphatic carbocycles. The van der Waals surface area contributed by atoms with Crippen LogP contribution in [0.15, 0.2) is 24.4 Å². The van der Waals surface area contributed by atoms with E-state index in [2.05, 4.69) is 22.9 Å². The van der Waals surface area contributed by atoms with Crippen molar-refractivity contribution in [2.24, 2.45) is 5.41 Å². The maximum Gasteiger partial charge on any atom is 0.338 e. The smallest absolute Gasteiger partial charge is 0.338 e. The summed E-state index contributed by atoms with van der Waals surface area (Å²) in [5.74, 6) is 1.03. The highest BCUT2D eigenvalue weighted by atomic mass is 16.7. The standard InChI is InChI=1S/C25H27N3O5/c1-16-17(2-3-18-19(16)14-31-23(18)29)5-10-27-11-6-25(7-12-27)8-13-28(24(25)30)20-4-9-26-22-21(20)32-15-33-22/h2-4,9H,5-8,10-15H2,1H3. The summed E-state index contributed by atoms with van der Waals surface area (Å²) in [6, 6.07) is 5.80. The van der Waals surface area contributed by atoms with E-state index in [1.165, 1.54) is 11.1 Å². The Morgan fingerprint density at radius 2 is 1.85 bits per heavy atom. The summed E-state index contributed by atoms with van der Waals surface area (Å²) in [5, 5.41) is 0. The average Bonchev–Trinajstić information content (AvgIpc) is 3.54. The first kappa shape index (κ1) is 20.5. The molecule has 0 unspecified atom stereocenters. The fourth-order valence-electron chi connectivity index (χ4n) is 5.68. The van der Waals surface area contributed by atoms with Crippen molar-refractivity contribution in [1.29, 1.82) is 0 Å². The summed E-state index contributed by atoms with van der Waals surface area (Å²) < 4.78 is 16.2.